The van der Waals surface area contributed by atoms with Crippen molar-refractivity contribution in [1.82, 2.24) is 5.32 Å². The van der Waals surface area contributed by atoms with Crippen molar-refractivity contribution in [2.75, 3.05) is 20.3 Å². The van der Waals surface area contributed by atoms with E-state index in [1.807, 2.05) is 24.3 Å². The van der Waals surface area contributed by atoms with Crippen molar-refractivity contribution >= 4 is 0 Å². The van der Waals surface area contributed by atoms with Gasteiger partial charge in [-0.25, -0.2) is 0 Å². The van der Waals surface area contributed by atoms with E-state index >= 15 is 0 Å². The maximum absolute atomic E-state index is 9.97. The van der Waals surface area contributed by atoms with Gasteiger partial charge >= 0.3 is 0 Å². The molecule has 0 aliphatic carbocycles. The molecule has 0 spiro atoms. The molecule has 2 atom stereocenters. The van der Waals surface area contributed by atoms with Gasteiger partial charge in [-0.1, -0.05) is 38.3 Å². The van der Waals surface area contributed by atoms with Crippen LogP contribution < -0.4 is 14.8 Å². The number of rotatable bonds is 11. The van der Waals surface area contributed by atoms with Gasteiger partial charge in [-0.3, -0.25) is 0 Å². The van der Waals surface area contributed by atoms with Crippen molar-refractivity contribution in [3.63, 3.8) is 0 Å². The molecular formula is C17H29NO3. The lowest BCUT2D eigenvalue weighted by Gasteiger charge is -2.18. The molecule has 0 radical (unpaired) electrons. The lowest BCUT2D eigenvalue weighted by molar-refractivity contribution is 0.102. The number of para-hydroxylation sites is 2. The average Bonchev–Trinajstić information content (AvgIpc) is 2.51. The molecular weight excluding hydrogens is 266 g/mol. The largest absolute Gasteiger partial charge is 0.493 e. The second-order valence-electron chi connectivity index (χ2n) is 5.42. The fourth-order valence-electron chi connectivity index (χ4n) is 2.12. The van der Waals surface area contributed by atoms with E-state index in [2.05, 4.69) is 19.2 Å². The van der Waals surface area contributed by atoms with Crippen molar-refractivity contribution < 1.29 is 14.6 Å². The Kier molecular flexibility index (Phi) is 8.87. The molecule has 0 saturated heterocycles. The summed E-state index contributed by atoms with van der Waals surface area (Å²) in [5, 5.41) is 13.3. The first-order valence-electron chi connectivity index (χ1n) is 7.84. The van der Waals surface area contributed by atoms with E-state index in [1.165, 1.54) is 19.3 Å². The Bertz CT molecular complexity index is 384. The second kappa shape index (κ2) is 10.5. The van der Waals surface area contributed by atoms with Gasteiger partial charge in [0.2, 0.25) is 0 Å². The first kappa shape index (κ1) is 17.8. The van der Waals surface area contributed by atoms with Crippen LogP contribution in [0, 0.1) is 0 Å². The number of aliphatic hydroxyl groups is 1. The van der Waals surface area contributed by atoms with E-state index < -0.39 is 6.10 Å². The Labute approximate surface area is 128 Å². The van der Waals surface area contributed by atoms with Crippen LogP contribution in [0.5, 0.6) is 11.5 Å². The molecule has 0 fully saturated rings. The lowest BCUT2D eigenvalue weighted by atomic mass is 10.1. The van der Waals surface area contributed by atoms with Gasteiger partial charge in [0.1, 0.15) is 12.7 Å². The van der Waals surface area contributed by atoms with Gasteiger partial charge in [-0.15, -0.1) is 0 Å². The predicted octanol–water partition coefficient (Wildman–Crippen LogP) is 2.99. The Balaban J connectivity index is 2.23. The molecule has 0 aromatic heterocycles. The maximum Gasteiger partial charge on any atom is 0.161 e. The Morgan fingerprint density at radius 2 is 1.90 bits per heavy atom. The molecule has 1 aromatic carbocycles. The Hall–Kier alpha value is -1.26. The Morgan fingerprint density at radius 3 is 2.57 bits per heavy atom. The van der Waals surface area contributed by atoms with Crippen LogP contribution in [0.15, 0.2) is 24.3 Å². The molecule has 0 aliphatic rings. The molecule has 0 aliphatic heterocycles. The number of benzene rings is 1. The minimum absolute atomic E-state index is 0.259. The molecule has 2 N–H and O–H groups in total. The molecule has 2 unspecified atom stereocenters. The number of hydrogen-bond donors (Lipinski definition) is 2. The highest BCUT2D eigenvalue weighted by Crippen LogP contribution is 2.25. The van der Waals surface area contributed by atoms with Gasteiger partial charge in [-0.2, -0.15) is 0 Å². The first-order valence-corrected chi connectivity index (χ1v) is 7.84. The normalized spacial score (nSPS) is 13.7. The fourth-order valence-corrected chi connectivity index (χ4v) is 2.12. The van der Waals surface area contributed by atoms with Gasteiger partial charge in [-0.05, 0) is 25.5 Å². The van der Waals surface area contributed by atoms with Crippen LogP contribution in [0.4, 0.5) is 0 Å². The summed E-state index contributed by atoms with van der Waals surface area (Å²) in [5.74, 6) is 1.35. The Morgan fingerprint density at radius 1 is 1.19 bits per heavy atom. The minimum atomic E-state index is -0.525. The van der Waals surface area contributed by atoms with E-state index in [0.717, 1.165) is 6.42 Å². The van der Waals surface area contributed by atoms with Crippen LogP contribution in [0.2, 0.25) is 0 Å². The summed E-state index contributed by atoms with van der Waals surface area (Å²) in [7, 11) is 1.61. The monoisotopic (exact) mass is 295 g/mol. The van der Waals surface area contributed by atoms with Crippen LogP contribution in [0.25, 0.3) is 0 Å². The average molecular weight is 295 g/mol. The first-order chi connectivity index (χ1) is 10.2. The minimum Gasteiger partial charge on any atom is -0.493 e. The highest BCUT2D eigenvalue weighted by Gasteiger charge is 2.09. The third-order valence-electron chi connectivity index (χ3n) is 3.44. The third kappa shape index (κ3) is 7.34. The molecule has 1 aromatic rings. The number of nitrogens with one attached hydrogen (secondary N) is 1. The van der Waals surface area contributed by atoms with Crippen molar-refractivity contribution in [2.45, 2.75) is 51.7 Å². The van der Waals surface area contributed by atoms with Crippen LogP contribution in [-0.4, -0.2) is 37.5 Å². The highest BCUT2D eigenvalue weighted by atomic mass is 16.5. The molecule has 4 nitrogen and oxygen atoms in total. The summed E-state index contributed by atoms with van der Waals surface area (Å²) >= 11 is 0. The number of methoxy groups -OCH3 is 1. The summed E-state index contributed by atoms with van der Waals surface area (Å²) < 4.78 is 10.8. The molecule has 0 heterocycles. The van der Waals surface area contributed by atoms with Crippen LogP contribution in [-0.2, 0) is 0 Å². The van der Waals surface area contributed by atoms with Crippen LogP contribution >= 0.6 is 0 Å². The number of unbranched alkanes of at least 4 members (excludes halogenated alkanes) is 2. The summed E-state index contributed by atoms with van der Waals surface area (Å²) in [6, 6.07) is 7.89. The summed E-state index contributed by atoms with van der Waals surface area (Å²) in [6.07, 6.45) is 4.36. The van der Waals surface area contributed by atoms with Gasteiger partial charge in [0.05, 0.1) is 7.11 Å². The molecule has 4 heteroatoms. The molecule has 0 amide bonds. The van der Waals surface area contributed by atoms with Gasteiger partial charge in [0, 0.05) is 12.6 Å². The molecule has 0 saturated carbocycles. The number of hydrogen-bond acceptors (Lipinski definition) is 4. The van der Waals surface area contributed by atoms with E-state index in [0.29, 0.717) is 24.1 Å². The molecule has 21 heavy (non-hydrogen) atoms. The van der Waals surface area contributed by atoms with E-state index in [9.17, 15) is 5.11 Å². The molecule has 120 valence electrons. The maximum atomic E-state index is 9.97. The number of ether oxygens (including phenoxy) is 2. The van der Waals surface area contributed by atoms with Crippen molar-refractivity contribution in [3.8, 4) is 11.5 Å². The summed E-state index contributed by atoms with van der Waals surface area (Å²) in [6.45, 7) is 5.16. The smallest absolute Gasteiger partial charge is 0.161 e. The van der Waals surface area contributed by atoms with Crippen LogP contribution in [0.3, 0.4) is 0 Å². The zero-order valence-corrected chi connectivity index (χ0v) is 13.5. The number of aliphatic hydroxyl groups excluding tert-OH is 1. The zero-order valence-electron chi connectivity index (χ0n) is 13.5. The summed E-state index contributed by atoms with van der Waals surface area (Å²) in [4.78, 5) is 0. The van der Waals surface area contributed by atoms with E-state index in [4.69, 9.17) is 9.47 Å². The van der Waals surface area contributed by atoms with E-state index in [1.54, 1.807) is 7.11 Å². The van der Waals surface area contributed by atoms with Gasteiger partial charge < -0.3 is 19.9 Å². The topological polar surface area (TPSA) is 50.7 Å². The second-order valence-corrected chi connectivity index (χ2v) is 5.42. The van der Waals surface area contributed by atoms with Crippen molar-refractivity contribution in [1.29, 1.82) is 0 Å². The zero-order chi connectivity index (χ0) is 15.5. The molecule has 1 rings (SSSR count). The predicted molar refractivity (Wildman–Crippen MR) is 86.1 cm³/mol. The quantitative estimate of drug-likeness (QED) is 0.616. The fraction of sp³-hybridized carbons (Fsp3) is 0.647. The van der Waals surface area contributed by atoms with Crippen molar-refractivity contribution in [3.05, 3.63) is 24.3 Å². The lowest BCUT2D eigenvalue weighted by Crippen LogP contribution is -2.36. The van der Waals surface area contributed by atoms with Crippen LogP contribution in [0.1, 0.15) is 39.5 Å². The van der Waals surface area contributed by atoms with Gasteiger partial charge in [0.25, 0.3) is 0 Å². The SMILES string of the molecule is CCCCCC(C)NCC(O)COc1ccccc1OC. The van der Waals surface area contributed by atoms with E-state index in [-0.39, 0.29) is 6.61 Å². The summed E-state index contributed by atoms with van der Waals surface area (Å²) in [5.41, 5.74) is 0. The standard InChI is InChI=1S/C17H29NO3/c1-4-5-6-9-14(2)18-12-15(19)13-21-17-11-8-7-10-16(17)20-3/h7-8,10-11,14-15,18-19H,4-6,9,12-13H2,1-3H3. The highest BCUT2D eigenvalue weighted by molar-refractivity contribution is 5.39. The van der Waals surface area contributed by atoms with Crippen molar-refractivity contribution in [2.24, 2.45) is 0 Å². The molecule has 0 bridgehead atoms. The third-order valence-corrected chi connectivity index (χ3v) is 3.44. The van der Waals surface area contributed by atoms with Gasteiger partial charge in [0.15, 0.2) is 11.5 Å².